The number of nitrogens with zero attached hydrogens (tertiary/aromatic N) is 5. The number of aryl methyl sites for hydroxylation is 1. The second-order valence-corrected chi connectivity index (χ2v) is 13.4. The minimum atomic E-state index is -3.61. The minimum absolute atomic E-state index is 0.128. The molecule has 3 heterocycles. The SMILES string of the molecule is Cc1csc(C2CCCN2C(=O)c2cc(-c3nnc(C(C)(N)Cc4ccccc4)o3)cc(N(C)S(C)(=O)=O)c2)n1. The Morgan fingerprint density at radius 3 is 2.65 bits per heavy atom. The normalized spacial score (nSPS) is 17.1. The van der Waals surface area contributed by atoms with Crippen molar-refractivity contribution in [1.82, 2.24) is 20.1 Å². The number of anilines is 1. The summed E-state index contributed by atoms with van der Waals surface area (Å²) in [5, 5.41) is 11.3. The number of sulfonamides is 1. The van der Waals surface area contributed by atoms with Gasteiger partial charge in [-0.25, -0.2) is 13.4 Å². The topological polar surface area (TPSA) is 136 Å². The van der Waals surface area contributed by atoms with E-state index in [4.69, 9.17) is 10.2 Å². The Morgan fingerprint density at radius 1 is 1.23 bits per heavy atom. The highest BCUT2D eigenvalue weighted by Crippen LogP contribution is 2.36. The summed E-state index contributed by atoms with van der Waals surface area (Å²) in [5.41, 5.74) is 8.63. The van der Waals surface area contributed by atoms with E-state index in [1.54, 1.807) is 34.4 Å². The number of carbonyl (C=O) groups is 1. The standard InChI is InChI=1S/C28H32N6O4S2/c1-18-17-39-25(30-18)23-11-8-12-34(23)26(35)21-13-20(14-22(15-21)33(3)40(4,36)37)24-31-32-27(38-24)28(2,29)16-19-9-6-5-7-10-19/h5-7,9-10,13-15,17,23H,8,11-12,16,29H2,1-4H3. The summed E-state index contributed by atoms with van der Waals surface area (Å²) in [4.78, 5) is 20.3. The Balaban J connectivity index is 1.51. The molecule has 210 valence electrons. The molecule has 0 bridgehead atoms. The minimum Gasteiger partial charge on any atom is -0.419 e. The zero-order chi connectivity index (χ0) is 28.7. The van der Waals surface area contributed by atoms with Crippen molar-refractivity contribution in [2.75, 3.05) is 24.2 Å². The van der Waals surface area contributed by atoms with Crippen LogP contribution < -0.4 is 10.0 Å². The summed E-state index contributed by atoms with van der Waals surface area (Å²) in [6.07, 6.45) is 3.26. The third-order valence-electron chi connectivity index (χ3n) is 7.04. The summed E-state index contributed by atoms with van der Waals surface area (Å²) in [6.45, 7) is 4.33. The van der Waals surface area contributed by atoms with E-state index >= 15 is 0 Å². The van der Waals surface area contributed by atoms with E-state index < -0.39 is 15.6 Å². The number of carbonyl (C=O) groups excluding carboxylic acids is 1. The van der Waals surface area contributed by atoms with Gasteiger partial charge in [0.1, 0.15) is 5.01 Å². The molecule has 1 fully saturated rings. The average molecular weight is 581 g/mol. The summed E-state index contributed by atoms with van der Waals surface area (Å²) < 4.78 is 32.0. The van der Waals surface area contributed by atoms with Crippen molar-refractivity contribution in [2.45, 2.75) is 44.7 Å². The van der Waals surface area contributed by atoms with Crippen LogP contribution in [0, 0.1) is 6.92 Å². The fourth-order valence-electron chi connectivity index (χ4n) is 4.86. The molecular formula is C28H32N6O4S2. The first-order chi connectivity index (χ1) is 18.9. The summed E-state index contributed by atoms with van der Waals surface area (Å²) in [5.74, 6) is 0.165. The Bertz CT molecular complexity index is 1630. The van der Waals surface area contributed by atoms with Crippen LogP contribution >= 0.6 is 11.3 Å². The number of thiazole rings is 1. The second kappa shape index (κ2) is 10.8. The Hall–Kier alpha value is -3.61. The third-order valence-corrected chi connectivity index (χ3v) is 9.31. The van der Waals surface area contributed by atoms with Crippen LogP contribution in [0.1, 0.15) is 58.3 Å². The molecule has 0 saturated carbocycles. The van der Waals surface area contributed by atoms with Gasteiger partial charge in [-0.15, -0.1) is 21.5 Å². The predicted octanol–water partition coefficient (Wildman–Crippen LogP) is 4.29. The Morgan fingerprint density at radius 2 is 1.98 bits per heavy atom. The molecule has 0 radical (unpaired) electrons. The number of nitrogens with two attached hydrogens (primary N) is 1. The smallest absolute Gasteiger partial charge is 0.254 e. The number of aromatic nitrogens is 3. The van der Waals surface area contributed by atoms with Crippen molar-refractivity contribution in [1.29, 1.82) is 0 Å². The van der Waals surface area contributed by atoms with Crippen LogP contribution in [0.3, 0.4) is 0 Å². The molecular weight excluding hydrogens is 548 g/mol. The highest BCUT2D eigenvalue weighted by atomic mass is 32.2. The maximum Gasteiger partial charge on any atom is 0.254 e. The largest absolute Gasteiger partial charge is 0.419 e. The Labute approximate surface area is 237 Å². The van der Waals surface area contributed by atoms with Gasteiger partial charge >= 0.3 is 0 Å². The van der Waals surface area contributed by atoms with Gasteiger partial charge in [0, 0.05) is 35.8 Å². The van der Waals surface area contributed by atoms with Gasteiger partial charge in [0.25, 0.3) is 5.91 Å². The molecule has 2 unspecified atom stereocenters. The van der Waals surface area contributed by atoms with Gasteiger partial charge in [-0.3, -0.25) is 9.10 Å². The maximum atomic E-state index is 13.9. The number of amides is 1. The fraction of sp³-hybridized carbons (Fsp3) is 0.357. The molecule has 2 N–H and O–H groups in total. The molecule has 1 saturated heterocycles. The highest BCUT2D eigenvalue weighted by Gasteiger charge is 2.34. The molecule has 10 nitrogen and oxygen atoms in total. The van der Waals surface area contributed by atoms with Crippen molar-refractivity contribution in [3.8, 4) is 11.5 Å². The van der Waals surface area contributed by atoms with Gasteiger partial charge in [-0.2, -0.15) is 0 Å². The summed E-state index contributed by atoms with van der Waals surface area (Å²) in [7, 11) is -2.17. The molecule has 0 aliphatic carbocycles. The number of hydrogen-bond acceptors (Lipinski definition) is 9. The van der Waals surface area contributed by atoms with E-state index in [9.17, 15) is 13.2 Å². The van der Waals surface area contributed by atoms with Gasteiger partial charge in [0.2, 0.25) is 21.8 Å². The lowest BCUT2D eigenvalue weighted by Gasteiger charge is -2.24. The van der Waals surface area contributed by atoms with E-state index in [2.05, 4.69) is 15.2 Å². The van der Waals surface area contributed by atoms with Crippen LogP contribution in [-0.4, -0.2) is 54.3 Å². The highest BCUT2D eigenvalue weighted by molar-refractivity contribution is 7.92. The molecule has 5 rings (SSSR count). The molecule has 1 aliphatic heterocycles. The molecule has 40 heavy (non-hydrogen) atoms. The fourth-order valence-corrected chi connectivity index (χ4v) is 6.29. The average Bonchev–Trinajstić information content (AvgIpc) is 3.68. The molecule has 1 aliphatic rings. The lowest BCUT2D eigenvalue weighted by molar-refractivity contribution is 0.0735. The van der Waals surface area contributed by atoms with Crippen LogP contribution in [0.15, 0.2) is 58.3 Å². The molecule has 2 aromatic heterocycles. The first-order valence-electron chi connectivity index (χ1n) is 12.9. The monoisotopic (exact) mass is 580 g/mol. The zero-order valence-electron chi connectivity index (χ0n) is 22.9. The zero-order valence-corrected chi connectivity index (χ0v) is 24.5. The van der Waals surface area contributed by atoms with Crippen molar-refractivity contribution < 1.29 is 17.6 Å². The maximum absolute atomic E-state index is 13.9. The molecule has 12 heteroatoms. The van der Waals surface area contributed by atoms with Gasteiger partial charge in [-0.05, 0) is 56.9 Å². The molecule has 0 spiro atoms. The van der Waals surface area contributed by atoms with Gasteiger partial charge < -0.3 is 15.1 Å². The van der Waals surface area contributed by atoms with Gasteiger partial charge in [0.15, 0.2) is 0 Å². The van der Waals surface area contributed by atoms with E-state index in [1.807, 2.05) is 49.6 Å². The molecule has 2 aromatic carbocycles. The van der Waals surface area contributed by atoms with Crippen molar-refractivity contribution in [2.24, 2.45) is 5.73 Å². The van der Waals surface area contributed by atoms with Crippen LogP contribution in [-0.2, 0) is 22.0 Å². The Kier molecular flexibility index (Phi) is 7.51. The van der Waals surface area contributed by atoms with Gasteiger partial charge in [-0.1, -0.05) is 30.3 Å². The van der Waals surface area contributed by atoms with Gasteiger partial charge in [0.05, 0.1) is 23.5 Å². The van der Waals surface area contributed by atoms with Crippen LogP contribution in [0.5, 0.6) is 0 Å². The summed E-state index contributed by atoms with van der Waals surface area (Å²) >= 11 is 1.54. The first-order valence-corrected chi connectivity index (χ1v) is 15.6. The predicted molar refractivity (Wildman–Crippen MR) is 155 cm³/mol. The molecule has 4 aromatic rings. The number of rotatable bonds is 8. The van der Waals surface area contributed by atoms with Crippen molar-refractivity contribution >= 4 is 33.0 Å². The van der Waals surface area contributed by atoms with Crippen LogP contribution in [0.25, 0.3) is 11.5 Å². The molecule has 2 atom stereocenters. The van der Waals surface area contributed by atoms with Crippen LogP contribution in [0.2, 0.25) is 0 Å². The molecule has 1 amide bonds. The lowest BCUT2D eigenvalue weighted by Crippen LogP contribution is -2.35. The van der Waals surface area contributed by atoms with E-state index in [-0.39, 0.29) is 23.7 Å². The van der Waals surface area contributed by atoms with Crippen molar-refractivity contribution in [3.05, 3.63) is 81.6 Å². The third kappa shape index (κ3) is 5.79. The second-order valence-electron chi connectivity index (χ2n) is 10.5. The van der Waals surface area contributed by atoms with Crippen LogP contribution in [0.4, 0.5) is 5.69 Å². The first kappa shape index (κ1) is 27.9. The lowest BCUT2D eigenvalue weighted by atomic mass is 9.94. The van der Waals surface area contributed by atoms with E-state index in [0.717, 1.165) is 39.7 Å². The van der Waals surface area contributed by atoms with Crippen molar-refractivity contribution in [3.63, 3.8) is 0 Å². The quantitative estimate of drug-likeness (QED) is 0.326. The number of hydrogen-bond donors (Lipinski definition) is 1. The summed E-state index contributed by atoms with van der Waals surface area (Å²) in [6, 6.07) is 14.5. The van der Waals surface area contributed by atoms with E-state index in [0.29, 0.717) is 29.8 Å². The van der Waals surface area contributed by atoms with E-state index in [1.165, 1.54) is 7.05 Å². The number of benzene rings is 2. The number of likely N-dealkylation sites (tertiary alicyclic amines) is 1.